The number of carbonyl (C=O) groups excluding carboxylic acids is 5. The number of allylic oxidation sites excluding steroid dienone is 2. The maximum atomic E-state index is 14.6. The van der Waals surface area contributed by atoms with Gasteiger partial charge >= 0.3 is 29.8 Å². The first kappa shape index (κ1) is 69.4. The maximum Gasteiger partial charge on any atom is 0.342 e. The molecular formula is C60H96N2O21. The van der Waals surface area contributed by atoms with E-state index in [9.17, 15) is 49.5 Å². The summed E-state index contributed by atoms with van der Waals surface area (Å²) in [4.78, 5) is 71.8. The Morgan fingerprint density at radius 3 is 2.13 bits per heavy atom. The van der Waals surface area contributed by atoms with Crippen molar-refractivity contribution in [3.05, 3.63) is 33.9 Å². The van der Waals surface area contributed by atoms with Crippen molar-refractivity contribution in [1.82, 2.24) is 9.80 Å². The quantitative estimate of drug-likeness (QED) is 0.0560. The molecule has 1 aromatic rings. The number of aliphatic hydroxyl groups excluding tert-OH is 3. The number of hydrogen-bond donors (Lipinski definition) is 5. The molecule has 0 amide bonds. The fraction of sp³-hybridized carbons (Fsp3) is 0.783. The summed E-state index contributed by atoms with van der Waals surface area (Å²) in [6, 6.07) is -1.30. The Labute approximate surface area is 489 Å². The number of carbonyl (C=O) groups is 5. The summed E-state index contributed by atoms with van der Waals surface area (Å²) in [5.41, 5.74) is -2.71. The normalized spacial score (nSPS) is 36.0. The number of methoxy groups -OCH3 is 2. The number of aliphatic hydroxyl groups is 5. The molecular weight excluding hydrogens is 1080 g/mol. The molecule has 5 rings (SSSR count). The SMILES string of the molecule is CCOC(=O)CC/C(C)=C/Cc1c(OC)c(C)c2c(c1OC(=O)CCC(=O)O[C@H]1[C@@H](O[C@@H]3[C@@H](C)[C@H](O[C@H]4C[C@@](C)(OC)[C@@H](O)[C@H](C)O4)[C@@H](C)C(=O)O[C@H](CO)[C@@](C)(O)[C@H](O)[C@@H](C)N(C)C[C@H](C)C[C@@]3(C)O)O[C@H](C)C[C@@H]1N(C)C)C(=O)OC2. The predicted octanol–water partition coefficient (Wildman–Crippen LogP) is 4.24. The minimum absolute atomic E-state index is 0.00532. The molecule has 1 aromatic carbocycles. The fourth-order valence-corrected chi connectivity index (χ4v) is 12.2. The van der Waals surface area contributed by atoms with Crippen LogP contribution in [0.5, 0.6) is 11.5 Å². The molecule has 4 aliphatic rings. The molecule has 3 fully saturated rings. The van der Waals surface area contributed by atoms with E-state index in [0.29, 0.717) is 35.3 Å². The van der Waals surface area contributed by atoms with Crippen molar-refractivity contribution in [2.24, 2.45) is 17.8 Å². The van der Waals surface area contributed by atoms with E-state index in [-0.39, 0.29) is 68.6 Å². The van der Waals surface area contributed by atoms with Crippen molar-refractivity contribution in [1.29, 1.82) is 0 Å². The molecule has 23 nitrogen and oxygen atoms in total. The average Bonchev–Trinajstić information content (AvgIpc) is 2.48. The summed E-state index contributed by atoms with van der Waals surface area (Å²) < 4.78 is 66.9. The Bertz CT molecular complexity index is 2430. The molecule has 83 heavy (non-hydrogen) atoms. The van der Waals surface area contributed by atoms with Crippen LogP contribution in [0, 0.1) is 24.7 Å². The van der Waals surface area contributed by atoms with Crippen molar-refractivity contribution in [2.45, 2.75) is 231 Å². The molecule has 0 saturated carbocycles. The number of hydrogen-bond acceptors (Lipinski definition) is 23. The summed E-state index contributed by atoms with van der Waals surface area (Å²) in [6.07, 6.45) is -9.83. The molecule has 472 valence electrons. The summed E-state index contributed by atoms with van der Waals surface area (Å²) in [6.45, 7) is 19.8. The number of ether oxygens (including phenoxy) is 11. The third kappa shape index (κ3) is 16.6. The Kier molecular flexibility index (Phi) is 24.5. The lowest BCUT2D eigenvalue weighted by atomic mass is 9.77. The van der Waals surface area contributed by atoms with Gasteiger partial charge in [0.25, 0.3) is 0 Å². The van der Waals surface area contributed by atoms with Gasteiger partial charge in [0.15, 0.2) is 30.5 Å². The van der Waals surface area contributed by atoms with E-state index >= 15 is 0 Å². The third-order valence-electron chi connectivity index (χ3n) is 17.3. The highest BCUT2D eigenvalue weighted by Gasteiger charge is 2.54. The van der Waals surface area contributed by atoms with Gasteiger partial charge < -0.3 is 87.4 Å². The van der Waals surface area contributed by atoms with Gasteiger partial charge in [-0.25, -0.2) is 4.79 Å². The van der Waals surface area contributed by atoms with Crippen LogP contribution in [0.4, 0.5) is 0 Å². The van der Waals surface area contributed by atoms with Crippen molar-refractivity contribution < 1.29 is 102 Å². The summed E-state index contributed by atoms with van der Waals surface area (Å²) in [5.74, 6) is -5.97. The van der Waals surface area contributed by atoms with Crippen LogP contribution < -0.4 is 9.47 Å². The monoisotopic (exact) mass is 1180 g/mol. The second kappa shape index (κ2) is 29.3. The molecule has 0 spiro atoms. The van der Waals surface area contributed by atoms with Gasteiger partial charge in [0, 0.05) is 49.6 Å². The molecule has 23 heteroatoms. The number of nitrogens with zero attached hydrogens (tertiary/aromatic N) is 2. The molecule has 5 N–H and O–H groups in total. The van der Waals surface area contributed by atoms with Crippen LogP contribution in [0.15, 0.2) is 11.6 Å². The van der Waals surface area contributed by atoms with E-state index in [1.807, 2.05) is 31.7 Å². The zero-order valence-electron chi connectivity index (χ0n) is 51.9. The topological polar surface area (TPSA) is 295 Å². The lowest BCUT2D eigenvalue weighted by Gasteiger charge is -2.49. The second-order valence-corrected chi connectivity index (χ2v) is 24.3. The average molecular weight is 1180 g/mol. The number of benzene rings is 1. The number of rotatable bonds is 19. The highest BCUT2D eigenvalue weighted by atomic mass is 16.7. The van der Waals surface area contributed by atoms with Crippen LogP contribution in [0.1, 0.15) is 148 Å². The van der Waals surface area contributed by atoms with Crippen LogP contribution in [0.3, 0.4) is 0 Å². The van der Waals surface area contributed by atoms with E-state index in [1.54, 1.807) is 74.5 Å². The Morgan fingerprint density at radius 1 is 0.867 bits per heavy atom. The molecule has 3 saturated heterocycles. The van der Waals surface area contributed by atoms with Gasteiger partial charge in [-0.1, -0.05) is 25.5 Å². The predicted molar refractivity (Wildman–Crippen MR) is 300 cm³/mol. The Balaban J connectivity index is 1.51. The maximum absolute atomic E-state index is 14.6. The van der Waals surface area contributed by atoms with Crippen molar-refractivity contribution >= 4 is 29.8 Å². The standard InChI is InChI=1S/C60H96N2O21/c1-18-75-43(64)22-20-31(2)19-21-39-49(73-16)34(5)40-30-76-56(70)47(40)50(39)80-44(65)23-24-45(66)81-51-41(61(13)14)25-33(4)77-57(51)83-54-35(6)48(82-46-27-59(11,74-17)53(68)38(9)78-46)36(7)55(69)79-42(29-63)60(12,72)52(67)37(8)62(15)28-32(3)26-58(54,10)71/h19,32-33,35-38,41-42,46,48,51-54,57,63,67-68,71-72H,18,20-30H2,1-17H3/b31-19+/t32-,33-,35+,36-,37-,38+,41+,42-,46+,48+,51-,52-,53+,54-,57-,58-,59-,60-/m1/s1. The fourth-order valence-electron chi connectivity index (χ4n) is 12.2. The molecule has 0 aromatic heterocycles. The largest absolute Gasteiger partial charge is 0.496 e. The van der Waals surface area contributed by atoms with Gasteiger partial charge in [-0.15, -0.1) is 0 Å². The van der Waals surface area contributed by atoms with Gasteiger partial charge in [-0.05, 0) is 128 Å². The van der Waals surface area contributed by atoms with E-state index in [1.165, 1.54) is 28.1 Å². The van der Waals surface area contributed by atoms with Gasteiger partial charge in [0.2, 0.25) is 0 Å². The zero-order valence-corrected chi connectivity index (χ0v) is 51.9. The Morgan fingerprint density at radius 2 is 1.52 bits per heavy atom. The molecule has 4 aliphatic heterocycles. The molecule has 4 heterocycles. The molecule has 0 bridgehead atoms. The van der Waals surface area contributed by atoms with E-state index in [4.69, 9.17) is 52.1 Å². The molecule has 0 radical (unpaired) electrons. The van der Waals surface area contributed by atoms with Crippen LogP contribution in [-0.2, 0) is 74.8 Å². The number of likely N-dealkylation sites (N-methyl/N-ethyl adjacent to an activating group) is 2. The zero-order chi connectivity index (χ0) is 62.2. The first-order chi connectivity index (χ1) is 38.8. The lowest BCUT2D eigenvalue weighted by molar-refractivity contribution is -0.319. The number of cyclic esters (lactones) is 2. The minimum Gasteiger partial charge on any atom is -0.496 e. The highest BCUT2D eigenvalue weighted by molar-refractivity contribution is 5.99. The van der Waals surface area contributed by atoms with Crippen LogP contribution >= 0.6 is 0 Å². The molecule has 0 unspecified atom stereocenters. The van der Waals surface area contributed by atoms with Crippen LogP contribution in [0.25, 0.3) is 0 Å². The molecule has 0 aliphatic carbocycles. The van der Waals surface area contributed by atoms with Crippen molar-refractivity contribution in [3.8, 4) is 11.5 Å². The highest BCUT2D eigenvalue weighted by Crippen LogP contribution is 2.44. The minimum atomic E-state index is -2.15. The van der Waals surface area contributed by atoms with E-state index < -0.39 is 145 Å². The van der Waals surface area contributed by atoms with Crippen LogP contribution in [0.2, 0.25) is 0 Å². The van der Waals surface area contributed by atoms with Gasteiger partial charge in [0.1, 0.15) is 35.7 Å². The number of esters is 5. The van der Waals surface area contributed by atoms with Gasteiger partial charge in [-0.3, -0.25) is 19.2 Å². The summed E-state index contributed by atoms with van der Waals surface area (Å²) >= 11 is 0. The first-order valence-corrected chi connectivity index (χ1v) is 29.0. The van der Waals surface area contributed by atoms with Gasteiger partial charge in [-0.2, -0.15) is 0 Å². The first-order valence-electron chi connectivity index (χ1n) is 29.0. The van der Waals surface area contributed by atoms with Crippen molar-refractivity contribution in [3.63, 3.8) is 0 Å². The second-order valence-electron chi connectivity index (χ2n) is 24.3. The smallest absolute Gasteiger partial charge is 0.342 e. The Hall–Kier alpha value is -4.37. The summed E-state index contributed by atoms with van der Waals surface area (Å²) in [7, 11) is 8.25. The van der Waals surface area contributed by atoms with E-state index in [0.717, 1.165) is 5.57 Å². The van der Waals surface area contributed by atoms with Gasteiger partial charge in [0.05, 0.1) is 80.7 Å². The molecule has 18 atom stereocenters. The summed E-state index contributed by atoms with van der Waals surface area (Å²) in [5, 5.41) is 58.3. The third-order valence-corrected chi connectivity index (χ3v) is 17.3. The van der Waals surface area contributed by atoms with Crippen molar-refractivity contribution in [2.75, 3.05) is 55.1 Å². The number of fused-ring (bicyclic) bond motifs is 1. The lowest BCUT2D eigenvalue weighted by Crippen LogP contribution is -2.61. The van der Waals surface area contributed by atoms with Crippen LogP contribution in [-0.4, -0.2) is 211 Å². The van der Waals surface area contributed by atoms with E-state index in [2.05, 4.69) is 0 Å².